The molecule has 2 fully saturated rings. The van der Waals surface area contributed by atoms with E-state index in [9.17, 15) is 19.1 Å². The van der Waals surface area contributed by atoms with Gasteiger partial charge in [-0.15, -0.1) is 0 Å². The number of benzene rings is 3. The number of rotatable bonds is 6. The summed E-state index contributed by atoms with van der Waals surface area (Å²) in [7, 11) is 4.29. The van der Waals surface area contributed by atoms with Gasteiger partial charge in [0.2, 0.25) is 0 Å². The van der Waals surface area contributed by atoms with E-state index >= 15 is 0 Å². The zero-order valence-corrected chi connectivity index (χ0v) is 24.0. The summed E-state index contributed by atoms with van der Waals surface area (Å²) in [5, 5.41) is 16.6. The molecule has 0 unspecified atom stereocenters. The first-order valence-electron chi connectivity index (χ1n) is 13.5. The second-order valence-corrected chi connectivity index (χ2v) is 11.2. The Morgan fingerprint density at radius 2 is 1.81 bits per heavy atom. The normalized spacial score (nSPS) is 26.0. The summed E-state index contributed by atoms with van der Waals surface area (Å²) in [5.41, 5.74) is -1.94. The molecule has 4 atom stereocenters. The predicted octanol–water partition coefficient (Wildman–Crippen LogP) is 4.34. The van der Waals surface area contributed by atoms with Crippen LogP contribution in [0.3, 0.4) is 0 Å². The van der Waals surface area contributed by atoms with Crippen molar-refractivity contribution < 1.29 is 38.0 Å². The molecule has 42 heavy (non-hydrogen) atoms. The van der Waals surface area contributed by atoms with Gasteiger partial charge in [0.05, 0.1) is 38.9 Å². The van der Waals surface area contributed by atoms with Gasteiger partial charge >= 0.3 is 12.0 Å². The number of aliphatic hydroxyl groups is 1. The Morgan fingerprint density at radius 1 is 1.07 bits per heavy atom. The molecular weight excluding hydrogens is 567 g/mol. The van der Waals surface area contributed by atoms with E-state index in [0.717, 1.165) is 0 Å². The highest BCUT2D eigenvalue weighted by Gasteiger charge is 2.74. The van der Waals surface area contributed by atoms with E-state index in [1.165, 1.54) is 38.4 Å². The van der Waals surface area contributed by atoms with Crippen molar-refractivity contribution in [3.05, 3.63) is 88.2 Å². The fraction of sp³-hybridized carbons (Fsp3) is 0.355. The minimum atomic E-state index is -1.90. The van der Waals surface area contributed by atoms with E-state index in [4.69, 9.17) is 30.5 Å². The highest BCUT2D eigenvalue weighted by molar-refractivity contribution is 6.30. The number of nitrogens with one attached hydrogen (secondary N) is 1. The van der Waals surface area contributed by atoms with E-state index in [1.807, 2.05) is 0 Å². The second kappa shape index (κ2) is 10.4. The number of halogens is 2. The fourth-order valence-corrected chi connectivity index (χ4v) is 6.84. The van der Waals surface area contributed by atoms with E-state index in [2.05, 4.69) is 5.32 Å². The van der Waals surface area contributed by atoms with Gasteiger partial charge in [0.25, 0.3) is 0 Å². The quantitative estimate of drug-likeness (QED) is 0.408. The molecule has 0 radical (unpaired) electrons. The van der Waals surface area contributed by atoms with Gasteiger partial charge in [0, 0.05) is 36.2 Å². The Balaban J connectivity index is 1.52. The first kappa shape index (κ1) is 28.1. The molecule has 11 heteroatoms. The van der Waals surface area contributed by atoms with E-state index in [-0.39, 0.29) is 25.5 Å². The van der Waals surface area contributed by atoms with Crippen LogP contribution in [0.15, 0.2) is 60.7 Å². The van der Waals surface area contributed by atoms with Gasteiger partial charge in [-0.25, -0.2) is 9.18 Å². The Morgan fingerprint density at radius 3 is 2.45 bits per heavy atom. The molecule has 0 aromatic heterocycles. The number of methoxy groups -OCH3 is 3. The van der Waals surface area contributed by atoms with Crippen LogP contribution in [0.2, 0.25) is 5.02 Å². The van der Waals surface area contributed by atoms with Crippen LogP contribution < -0.4 is 19.5 Å². The maximum absolute atomic E-state index is 14.6. The largest absolute Gasteiger partial charge is 0.496 e. The van der Waals surface area contributed by atoms with Crippen LogP contribution in [-0.4, -0.2) is 62.5 Å². The maximum Gasteiger partial charge on any atom is 0.317 e. The Kier molecular flexibility index (Phi) is 6.93. The lowest BCUT2D eigenvalue weighted by atomic mass is 9.71. The minimum Gasteiger partial charge on any atom is -0.496 e. The molecule has 1 saturated heterocycles. The van der Waals surface area contributed by atoms with Gasteiger partial charge in [-0.05, 0) is 41.8 Å². The number of urea groups is 1. The molecule has 1 aliphatic carbocycles. The molecular formula is C31H30ClFN2O7. The number of nitrogens with zero attached hydrogens (tertiary/aromatic N) is 1. The van der Waals surface area contributed by atoms with Gasteiger partial charge in [-0.3, -0.25) is 4.79 Å². The summed E-state index contributed by atoms with van der Waals surface area (Å²) in [6.45, 7) is 0.375. The third-order valence-electron chi connectivity index (χ3n) is 8.70. The minimum absolute atomic E-state index is 0.187. The van der Waals surface area contributed by atoms with Gasteiger partial charge < -0.3 is 34.3 Å². The SMILES string of the molecule is COC(=O)C1CN(C(=O)N[C@H]2C[C@@H](c3cccc(F)c3)[C@]3(c4ccc(Cl)cc4)Oc4cc(OC)cc(OC)c4[C@]23O)C1. The number of esters is 1. The van der Waals surface area contributed by atoms with Crippen LogP contribution in [-0.2, 0) is 20.7 Å². The third kappa shape index (κ3) is 4.07. The number of hydrogen-bond acceptors (Lipinski definition) is 7. The predicted molar refractivity (Wildman–Crippen MR) is 150 cm³/mol. The number of ether oxygens (including phenoxy) is 4. The second-order valence-electron chi connectivity index (χ2n) is 10.8. The average Bonchev–Trinajstić information content (AvgIpc) is 3.36. The summed E-state index contributed by atoms with van der Waals surface area (Å²) in [6.07, 6.45) is 0.192. The average molecular weight is 597 g/mol. The van der Waals surface area contributed by atoms with E-state index < -0.39 is 40.9 Å². The Hall–Kier alpha value is -4.02. The molecule has 6 rings (SSSR count). The van der Waals surface area contributed by atoms with E-state index in [0.29, 0.717) is 39.0 Å². The van der Waals surface area contributed by atoms with Crippen molar-refractivity contribution in [2.24, 2.45) is 5.92 Å². The summed E-state index contributed by atoms with van der Waals surface area (Å²) in [4.78, 5) is 26.9. The van der Waals surface area contributed by atoms with E-state index in [1.54, 1.807) is 48.5 Å². The number of amides is 2. The number of hydrogen-bond donors (Lipinski definition) is 2. The van der Waals surface area contributed by atoms with Crippen molar-refractivity contribution in [2.75, 3.05) is 34.4 Å². The standard InChI is InChI=1S/C31H30ClFN2O7/c1-39-22-12-24(40-2)27-25(13-22)42-31(19-7-9-20(32)10-8-19)23(17-5-4-6-21(33)11-17)14-26(30(27,31)38)34-29(37)35-15-18(16-35)28(36)41-3/h4-13,18,23,26,38H,14-16H2,1-3H3,(H,34,37)/t23-,26-,30+,31-/m0/s1. The maximum atomic E-state index is 14.6. The smallest absolute Gasteiger partial charge is 0.317 e. The van der Waals surface area contributed by atoms with Crippen molar-refractivity contribution in [2.45, 2.75) is 29.6 Å². The van der Waals surface area contributed by atoms with Crippen LogP contribution in [0.5, 0.6) is 17.2 Å². The van der Waals surface area contributed by atoms with Crippen LogP contribution >= 0.6 is 11.6 Å². The van der Waals surface area contributed by atoms with Crippen LogP contribution in [0.25, 0.3) is 0 Å². The summed E-state index contributed by atoms with van der Waals surface area (Å²) in [6, 6.07) is 15.0. The molecule has 220 valence electrons. The van der Waals surface area contributed by atoms with Crippen LogP contribution in [0, 0.1) is 11.7 Å². The number of carbonyl (C=O) groups excluding carboxylic acids is 2. The molecule has 9 nitrogen and oxygen atoms in total. The Bertz CT molecular complexity index is 1550. The molecule has 3 aliphatic rings. The summed E-state index contributed by atoms with van der Waals surface area (Å²) < 4.78 is 37.5. The van der Waals surface area contributed by atoms with Gasteiger partial charge in [0.1, 0.15) is 23.1 Å². The van der Waals surface area contributed by atoms with Gasteiger partial charge in [-0.2, -0.15) is 0 Å². The van der Waals surface area contributed by atoms with Crippen molar-refractivity contribution >= 4 is 23.6 Å². The van der Waals surface area contributed by atoms with Gasteiger partial charge in [0.15, 0.2) is 11.2 Å². The molecule has 3 aromatic rings. The fourth-order valence-electron chi connectivity index (χ4n) is 6.72. The first-order valence-corrected chi connectivity index (χ1v) is 13.9. The molecule has 2 N–H and O–H groups in total. The molecule has 2 amide bonds. The number of carbonyl (C=O) groups is 2. The zero-order valence-electron chi connectivity index (χ0n) is 23.2. The topological polar surface area (TPSA) is 107 Å². The summed E-state index contributed by atoms with van der Waals surface area (Å²) >= 11 is 6.26. The Labute approximate surface area is 247 Å². The number of likely N-dealkylation sites (tertiary alicyclic amines) is 1. The van der Waals surface area contributed by atoms with Crippen LogP contribution in [0.1, 0.15) is 29.0 Å². The van der Waals surface area contributed by atoms with Crippen molar-refractivity contribution in [3.8, 4) is 17.2 Å². The van der Waals surface area contributed by atoms with Crippen molar-refractivity contribution in [1.29, 1.82) is 0 Å². The first-order chi connectivity index (χ1) is 20.2. The summed E-state index contributed by atoms with van der Waals surface area (Å²) in [5.74, 6) is -0.828. The monoisotopic (exact) mass is 596 g/mol. The number of fused-ring (bicyclic) bond motifs is 3. The molecule has 1 saturated carbocycles. The van der Waals surface area contributed by atoms with Crippen LogP contribution in [0.4, 0.5) is 9.18 Å². The van der Waals surface area contributed by atoms with Gasteiger partial charge in [-0.1, -0.05) is 35.9 Å². The molecule has 0 spiro atoms. The third-order valence-corrected chi connectivity index (χ3v) is 8.96. The lowest BCUT2D eigenvalue weighted by molar-refractivity contribution is -0.149. The lowest BCUT2D eigenvalue weighted by Gasteiger charge is -2.43. The zero-order chi connectivity index (χ0) is 29.8. The lowest BCUT2D eigenvalue weighted by Crippen LogP contribution is -2.61. The molecule has 3 aromatic carbocycles. The molecule has 2 heterocycles. The highest BCUT2D eigenvalue weighted by atomic mass is 35.5. The van der Waals surface area contributed by atoms with Crippen molar-refractivity contribution in [1.82, 2.24) is 10.2 Å². The molecule has 0 bridgehead atoms. The highest BCUT2D eigenvalue weighted by Crippen LogP contribution is 2.68. The molecule has 2 aliphatic heterocycles. The van der Waals surface area contributed by atoms with Crippen molar-refractivity contribution in [3.63, 3.8) is 0 Å².